The predicted molar refractivity (Wildman–Crippen MR) is 146 cm³/mol. The molecule has 4 rings (SSSR count). The fourth-order valence-corrected chi connectivity index (χ4v) is 5.82. The van der Waals surface area contributed by atoms with Crippen LogP contribution in [0.4, 0.5) is 14.5 Å². The summed E-state index contributed by atoms with van der Waals surface area (Å²) in [5, 5.41) is 7.59. The van der Waals surface area contributed by atoms with Crippen LogP contribution < -0.4 is 10.1 Å². The number of aromatic nitrogens is 2. The largest absolute Gasteiger partial charge is 0.466 e. The van der Waals surface area contributed by atoms with E-state index in [0.29, 0.717) is 65.1 Å². The van der Waals surface area contributed by atoms with E-state index in [-0.39, 0.29) is 34.3 Å². The predicted octanol–water partition coefficient (Wildman–Crippen LogP) is 5.05. The highest BCUT2D eigenvalue weighted by molar-refractivity contribution is 6.30. The van der Waals surface area contributed by atoms with Crippen molar-refractivity contribution in [1.29, 1.82) is 0 Å². The number of carbonyl (C=O) groups is 2. The molecule has 1 amide bonds. The van der Waals surface area contributed by atoms with E-state index in [2.05, 4.69) is 20.1 Å². The van der Waals surface area contributed by atoms with Gasteiger partial charge in [-0.1, -0.05) is 25.4 Å². The van der Waals surface area contributed by atoms with Gasteiger partial charge in [-0.25, -0.2) is 0 Å². The lowest BCUT2D eigenvalue weighted by molar-refractivity contribution is -0.164. The molecule has 0 spiro atoms. The van der Waals surface area contributed by atoms with Crippen molar-refractivity contribution in [3.8, 4) is 5.75 Å². The summed E-state index contributed by atoms with van der Waals surface area (Å²) in [4.78, 5) is 29.3. The summed E-state index contributed by atoms with van der Waals surface area (Å²) in [5.41, 5.74) is -0.765. The van der Waals surface area contributed by atoms with Crippen LogP contribution >= 0.6 is 11.6 Å². The number of piperidine rings is 1. The first-order valence-electron chi connectivity index (χ1n) is 13.7. The Hall–Kier alpha value is -2.76. The SMILES string of the molecule is CCOC(=O)C1(CN2CCC(C(=O)Nc3ccc(Cl)cc3OC(F)F)(n3nccc3C(C)C)CC2)CCOCC1. The third kappa shape index (κ3) is 6.42. The van der Waals surface area contributed by atoms with Crippen LogP contribution in [-0.4, -0.2) is 72.6 Å². The van der Waals surface area contributed by atoms with Crippen molar-refractivity contribution in [3.05, 3.63) is 41.2 Å². The maximum Gasteiger partial charge on any atom is 0.387 e. The third-order valence-corrected chi connectivity index (χ3v) is 8.10. The molecule has 2 aromatic rings. The Morgan fingerprint density at radius 3 is 2.48 bits per heavy atom. The lowest BCUT2D eigenvalue weighted by atomic mass is 9.78. The Morgan fingerprint density at radius 2 is 1.85 bits per heavy atom. The van der Waals surface area contributed by atoms with Gasteiger partial charge < -0.3 is 24.4 Å². The van der Waals surface area contributed by atoms with Gasteiger partial charge >= 0.3 is 12.6 Å². The number of carbonyl (C=O) groups excluding carboxylic acids is 2. The molecule has 2 fully saturated rings. The zero-order chi connectivity index (χ0) is 28.9. The van der Waals surface area contributed by atoms with Crippen LogP contribution in [0.1, 0.15) is 58.1 Å². The number of alkyl halides is 2. The summed E-state index contributed by atoms with van der Waals surface area (Å²) < 4.78 is 43.6. The molecular weight excluding hydrogens is 546 g/mol. The Labute approximate surface area is 238 Å². The van der Waals surface area contributed by atoms with Gasteiger partial charge in [0, 0.05) is 55.8 Å². The van der Waals surface area contributed by atoms with E-state index in [1.54, 1.807) is 17.8 Å². The van der Waals surface area contributed by atoms with Gasteiger partial charge in [0.25, 0.3) is 5.91 Å². The number of benzene rings is 1. The van der Waals surface area contributed by atoms with Crippen LogP contribution in [0.2, 0.25) is 5.02 Å². The molecule has 2 aliphatic heterocycles. The van der Waals surface area contributed by atoms with Gasteiger partial charge in [-0.15, -0.1) is 0 Å². The summed E-state index contributed by atoms with van der Waals surface area (Å²) in [7, 11) is 0. The smallest absolute Gasteiger partial charge is 0.387 e. The molecule has 0 unspecified atom stereocenters. The molecule has 220 valence electrons. The molecule has 0 atom stereocenters. The van der Waals surface area contributed by atoms with E-state index in [1.165, 1.54) is 18.2 Å². The number of halogens is 3. The minimum atomic E-state index is -3.08. The number of amides is 1. The van der Waals surface area contributed by atoms with Crippen LogP contribution in [0, 0.1) is 5.41 Å². The van der Waals surface area contributed by atoms with E-state index in [1.807, 2.05) is 19.9 Å². The van der Waals surface area contributed by atoms with Crippen molar-refractivity contribution in [2.24, 2.45) is 5.41 Å². The molecule has 0 bridgehead atoms. The van der Waals surface area contributed by atoms with E-state index in [0.717, 1.165) is 5.69 Å². The highest BCUT2D eigenvalue weighted by atomic mass is 35.5. The normalized spacial score (nSPS) is 19.0. The van der Waals surface area contributed by atoms with Gasteiger partial charge in [-0.05, 0) is 56.7 Å². The van der Waals surface area contributed by atoms with E-state index < -0.39 is 17.6 Å². The average molecular weight is 583 g/mol. The molecular formula is C28H37ClF2N4O5. The standard InChI is InChI=1S/C28H37ClF2N4O5/c1-4-39-25(37)27(10-15-38-16-11-27)18-34-13-8-28(9-14-34,35-22(19(2)3)7-12-32-35)24(36)33-21-6-5-20(29)17-23(21)40-26(30)31/h5-7,12,17,19,26H,4,8-11,13-16,18H2,1-3H3,(H,33,36). The summed E-state index contributed by atoms with van der Waals surface area (Å²) in [6.07, 6.45) is 3.62. The summed E-state index contributed by atoms with van der Waals surface area (Å²) in [6, 6.07) is 6.08. The number of likely N-dealkylation sites (tertiary alicyclic amines) is 1. The maximum absolute atomic E-state index is 14.1. The van der Waals surface area contributed by atoms with E-state index >= 15 is 0 Å². The second-order valence-corrected chi connectivity index (χ2v) is 11.2. The van der Waals surface area contributed by atoms with E-state index in [4.69, 9.17) is 21.1 Å². The van der Waals surface area contributed by atoms with Crippen molar-refractivity contribution in [3.63, 3.8) is 0 Å². The van der Waals surface area contributed by atoms with Gasteiger partial charge in [0.15, 0.2) is 5.75 Å². The monoisotopic (exact) mass is 582 g/mol. The fraction of sp³-hybridized carbons (Fsp3) is 0.607. The highest BCUT2D eigenvalue weighted by Crippen LogP contribution is 2.39. The number of nitrogens with zero attached hydrogens (tertiary/aromatic N) is 3. The number of rotatable bonds is 10. The van der Waals surface area contributed by atoms with Gasteiger partial charge in [0.2, 0.25) is 0 Å². The molecule has 3 heterocycles. The van der Waals surface area contributed by atoms with Crippen molar-refractivity contribution in [1.82, 2.24) is 14.7 Å². The zero-order valence-corrected chi connectivity index (χ0v) is 23.9. The van der Waals surface area contributed by atoms with Crippen molar-refractivity contribution < 1.29 is 32.6 Å². The quantitative estimate of drug-likeness (QED) is 0.392. The second kappa shape index (κ2) is 12.8. The molecule has 40 heavy (non-hydrogen) atoms. The van der Waals surface area contributed by atoms with Crippen LogP contribution in [0.25, 0.3) is 0 Å². The first-order chi connectivity index (χ1) is 19.1. The number of esters is 1. The van der Waals surface area contributed by atoms with Crippen LogP contribution in [0.15, 0.2) is 30.5 Å². The fourth-order valence-electron chi connectivity index (χ4n) is 5.66. The molecule has 2 saturated heterocycles. The number of ether oxygens (including phenoxy) is 3. The number of nitrogens with one attached hydrogen (secondary N) is 1. The van der Waals surface area contributed by atoms with Gasteiger partial charge in [0.05, 0.1) is 17.7 Å². The number of hydrogen-bond acceptors (Lipinski definition) is 7. The Bertz CT molecular complexity index is 1180. The summed E-state index contributed by atoms with van der Waals surface area (Å²) >= 11 is 6.00. The van der Waals surface area contributed by atoms with Crippen LogP contribution in [-0.2, 0) is 24.6 Å². The van der Waals surface area contributed by atoms with Gasteiger partial charge in [-0.2, -0.15) is 13.9 Å². The van der Waals surface area contributed by atoms with Crippen LogP contribution in [0.5, 0.6) is 5.75 Å². The first-order valence-corrected chi connectivity index (χ1v) is 14.1. The highest BCUT2D eigenvalue weighted by Gasteiger charge is 2.48. The molecule has 9 nitrogen and oxygen atoms in total. The average Bonchev–Trinajstić information content (AvgIpc) is 3.42. The van der Waals surface area contributed by atoms with Crippen molar-refractivity contribution in [2.75, 3.05) is 44.8 Å². The summed E-state index contributed by atoms with van der Waals surface area (Å²) in [5.74, 6) is -0.724. The Balaban J connectivity index is 1.61. The van der Waals surface area contributed by atoms with Crippen molar-refractivity contribution in [2.45, 2.75) is 64.5 Å². The summed E-state index contributed by atoms with van der Waals surface area (Å²) in [6.45, 7) is 5.61. The molecule has 2 aliphatic rings. The molecule has 12 heteroatoms. The second-order valence-electron chi connectivity index (χ2n) is 10.7. The maximum atomic E-state index is 14.1. The first kappa shape index (κ1) is 30.2. The minimum Gasteiger partial charge on any atom is -0.466 e. The van der Waals surface area contributed by atoms with Gasteiger partial charge in [0.1, 0.15) is 5.54 Å². The number of anilines is 1. The van der Waals surface area contributed by atoms with Crippen molar-refractivity contribution >= 4 is 29.2 Å². The lowest BCUT2D eigenvalue weighted by Crippen LogP contribution is -2.56. The van der Waals surface area contributed by atoms with E-state index in [9.17, 15) is 18.4 Å². The van der Waals surface area contributed by atoms with Crippen LogP contribution in [0.3, 0.4) is 0 Å². The Kier molecular flexibility index (Phi) is 9.68. The lowest BCUT2D eigenvalue weighted by Gasteiger charge is -2.45. The topological polar surface area (TPSA) is 94.9 Å². The third-order valence-electron chi connectivity index (χ3n) is 7.87. The molecule has 1 aromatic carbocycles. The minimum absolute atomic E-state index is 0.0905. The molecule has 1 aromatic heterocycles. The number of hydrogen-bond donors (Lipinski definition) is 1. The molecule has 1 N–H and O–H groups in total. The zero-order valence-electron chi connectivity index (χ0n) is 23.1. The van der Waals surface area contributed by atoms with Gasteiger partial charge in [-0.3, -0.25) is 14.3 Å². The Morgan fingerprint density at radius 1 is 1.15 bits per heavy atom. The molecule has 0 saturated carbocycles. The molecule has 0 aliphatic carbocycles. The molecule has 0 radical (unpaired) electrons.